The van der Waals surface area contributed by atoms with E-state index in [-0.39, 0.29) is 24.8 Å². The van der Waals surface area contributed by atoms with Crippen molar-refractivity contribution >= 4 is 22.5 Å². The molecule has 0 heterocycles. The quantitative estimate of drug-likeness (QED) is 0.358. The number of unbranched alkanes of at least 4 members (excludes halogenated alkanes) is 3. The van der Waals surface area contributed by atoms with Gasteiger partial charge in [0.25, 0.3) is 0 Å². The molecular weight excluding hydrogens is 262 g/mol. The van der Waals surface area contributed by atoms with Crippen LogP contribution >= 0.6 is 0 Å². The van der Waals surface area contributed by atoms with Crippen molar-refractivity contribution in [2.45, 2.75) is 37.0 Å². The van der Waals surface area contributed by atoms with Gasteiger partial charge in [0, 0.05) is 0 Å². The van der Waals surface area contributed by atoms with Gasteiger partial charge in [-0.2, -0.15) is 0 Å². The van der Waals surface area contributed by atoms with E-state index in [1.165, 1.54) is 25.7 Å². The van der Waals surface area contributed by atoms with Crippen molar-refractivity contribution in [1.82, 2.24) is 0 Å². The summed E-state index contributed by atoms with van der Waals surface area (Å²) in [5.74, 6) is 0. The first-order valence-electron chi connectivity index (χ1n) is 3.41. The third kappa shape index (κ3) is 17.7. The molecule has 0 saturated carbocycles. The molecular formula is C6H16Cl2Sn. The summed E-state index contributed by atoms with van der Waals surface area (Å²) < 4.78 is 1.57. The summed E-state index contributed by atoms with van der Waals surface area (Å²) in [6, 6.07) is 0. The molecule has 0 aliphatic heterocycles. The van der Waals surface area contributed by atoms with Gasteiger partial charge in [0.2, 0.25) is 0 Å². The maximum absolute atomic E-state index is 2.26. The Balaban J connectivity index is -0.000000180. The van der Waals surface area contributed by atoms with Gasteiger partial charge >= 0.3 is 59.6 Å². The van der Waals surface area contributed by atoms with Gasteiger partial charge < -0.3 is 24.8 Å². The SMILES string of the molecule is CCCCC[CH2][SnH3+2].[Cl-].[Cl-]. The molecule has 0 spiro atoms. The molecule has 0 rings (SSSR count). The van der Waals surface area contributed by atoms with Crippen molar-refractivity contribution in [2.75, 3.05) is 0 Å². The third-order valence-electron chi connectivity index (χ3n) is 1.21. The van der Waals surface area contributed by atoms with E-state index in [0.717, 1.165) is 22.5 Å². The molecule has 9 heavy (non-hydrogen) atoms. The summed E-state index contributed by atoms with van der Waals surface area (Å²) in [5.41, 5.74) is 0. The van der Waals surface area contributed by atoms with Crippen LogP contribution in [0.5, 0.6) is 0 Å². The minimum Gasteiger partial charge on any atom is -1.00 e. The van der Waals surface area contributed by atoms with Crippen molar-refractivity contribution in [3.63, 3.8) is 0 Å². The molecule has 0 fully saturated rings. The molecule has 0 aromatic carbocycles. The fourth-order valence-corrected chi connectivity index (χ4v) is 2.10. The largest absolute Gasteiger partial charge is 1.00 e. The molecule has 3 heteroatoms. The van der Waals surface area contributed by atoms with Gasteiger partial charge in [-0.15, -0.1) is 0 Å². The number of hydrogen-bond donors (Lipinski definition) is 0. The summed E-state index contributed by atoms with van der Waals surface area (Å²) >= 11 is 0.976. The molecule has 0 saturated heterocycles. The summed E-state index contributed by atoms with van der Waals surface area (Å²) in [6.45, 7) is 2.26. The molecule has 0 aromatic rings. The van der Waals surface area contributed by atoms with E-state index >= 15 is 0 Å². The second-order valence-electron chi connectivity index (χ2n) is 2.06. The Labute approximate surface area is 84.1 Å². The molecule has 0 aromatic heterocycles. The zero-order valence-corrected chi connectivity index (χ0v) is 13.5. The molecule has 0 bridgehead atoms. The normalized spacial score (nSPS) is 7.67. The zero-order chi connectivity index (χ0) is 5.54. The number of rotatable bonds is 4. The van der Waals surface area contributed by atoms with Gasteiger partial charge in [-0.25, -0.2) is 0 Å². The first kappa shape index (κ1) is 16.8. The van der Waals surface area contributed by atoms with Crippen LogP contribution in [-0.2, 0) is 0 Å². The van der Waals surface area contributed by atoms with Crippen LogP contribution in [0.1, 0.15) is 32.6 Å². The van der Waals surface area contributed by atoms with Gasteiger partial charge in [0.1, 0.15) is 0 Å². The van der Waals surface area contributed by atoms with Crippen LogP contribution in [0.15, 0.2) is 0 Å². The Morgan fingerprint density at radius 3 is 1.89 bits per heavy atom. The Morgan fingerprint density at radius 2 is 1.56 bits per heavy atom. The van der Waals surface area contributed by atoms with E-state index in [2.05, 4.69) is 6.92 Å². The van der Waals surface area contributed by atoms with Crippen molar-refractivity contribution in [3.05, 3.63) is 0 Å². The van der Waals surface area contributed by atoms with Gasteiger partial charge in [-0.05, 0) is 0 Å². The van der Waals surface area contributed by atoms with Crippen molar-refractivity contribution in [1.29, 1.82) is 0 Å². The average Bonchev–Trinajstić information content (AvgIpc) is 1.69. The average molecular weight is 278 g/mol. The first-order chi connectivity index (χ1) is 3.41. The van der Waals surface area contributed by atoms with E-state index in [0.29, 0.717) is 0 Å². The first-order valence-corrected chi connectivity index (χ1v) is 7.45. The molecule has 0 amide bonds. The van der Waals surface area contributed by atoms with Crippen LogP contribution in [0.3, 0.4) is 0 Å². The minimum atomic E-state index is 0. The van der Waals surface area contributed by atoms with E-state index in [4.69, 9.17) is 0 Å². The molecule has 0 atom stereocenters. The second kappa shape index (κ2) is 16.2. The molecule has 0 unspecified atom stereocenters. The monoisotopic (exact) mass is 278 g/mol. The maximum Gasteiger partial charge on any atom is -1.00 e. The summed E-state index contributed by atoms with van der Waals surface area (Å²) in [6.07, 6.45) is 5.85. The molecule has 0 aliphatic rings. The summed E-state index contributed by atoms with van der Waals surface area (Å²) in [4.78, 5) is 0. The predicted molar refractivity (Wildman–Crippen MR) is 38.9 cm³/mol. The van der Waals surface area contributed by atoms with Crippen LogP contribution < -0.4 is 24.8 Å². The summed E-state index contributed by atoms with van der Waals surface area (Å²) in [7, 11) is 0. The van der Waals surface area contributed by atoms with E-state index in [9.17, 15) is 0 Å². The summed E-state index contributed by atoms with van der Waals surface area (Å²) in [5, 5.41) is 0. The van der Waals surface area contributed by atoms with Crippen molar-refractivity contribution in [2.24, 2.45) is 0 Å². The Morgan fingerprint density at radius 1 is 1.00 bits per heavy atom. The van der Waals surface area contributed by atoms with Gasteiger partial charge in [0.05, 0.1) is 0 Å². The maximum atomic E-state index is 2.26. The van der Waals surface area contributed by atoms with Crippen molar-refractivity contribution in [3.8, 4) is 0 Å². The minimum absolute atomic E-state index is 0. The third-order valence-corrected chi connectivity index (χ3v) is 3.23. The molecule has 58 valence electrons. The Hall–Kier alpha value is 1.38. The van der Waals surface area contributed by atoms with E-state index in [1.807, 2.05) is 0 Å². The fraction of sp³-hybridized carbons (Fsp3) is 1.00. The Kier molecular flexibility index (Phi) is 30.1. The topological polar surface area (TPSA) is 0 Å². The van der Waals surface area contributed by atoms with Gasteiger partial charge in [-0.1, -0.05) is 0 Å². The molecule has 0 nitrogen and oxygen atoms in total. The van der Waals surface area contributed by atoms with Crippen LogP contribution in [0.25, 0.3) is 0 Å². The number of halogens is 2. The Bertz CT molecular complexity index is 30.2. The van der Waals surface area contributed by atoms with Crippen LogP contribution in [0.2, 0.25) is 4.44 Å². The smallest absolute Gasteiger partial charge is 1.00 e. The number of hydrogen-bond acceptors (Lipinski definition) is 0. The molecule has 2 radical (unpaired) electrons. The molecule has 0 aliphatic carbocycles. The van der Waals surface area contributed by atoms with Crippen LogP contribution in [0.4, 0.5) is 0 Å². The van der Waals surface area contributed by atoms with Crippen molar-refractivity contribution < 1.29 is 24.8 Å². The van der Waals surface area contributed by atoms with Crippen LogP contribution in [0, 0.1) is 0 Å². The fourth-order valence-electron chi connectivity index (χ4n) is 0.677. The van der Waals surface area contributed by atoms with Gasteiger partial charge in [-0.3, -0.25) is 0 Å². The van der Waals surface area contributed by atoms with Crippen LogP contribution in [-0.4, -0.2) is 22.5 Å². The van der Waals surface area contributed by atoms with Gasteiger partial charge in [0.15, 0.2) is 0 Å². The standard InChI is InChI=1S/C6H13.2ClH.Sn.3H/c1-3-5-6-4-2;;;;;;/h1,3-6H2,2H3;2*1H;;;;/q;;;+2;;;/p-2. The van der Waals surface area contributed by atoms with E-state index in [1.54, 1.807) is 4.44 Å². The molecule has 0 N–H and O–H groups in total. The predicted octanol–water partition coefficient (Wildman–Crippen LogP) is -4.64. The van der Waals surface area contributed by atoms with E-state index < -0.39 is 0 Å². The second-order valence-corrected chi connectivity index (χ2v) is 4.91. The zero-order valence-electron chi connectivity index (χ0n) is 6.29.